The van der Waals surface area contributed by atoms with Gasteiger partial charge >= 0.3 is 18.0 Å². The smallest absolute Gasteiger partial charge is 0.389 e. The molecule has 1 fully saturated rings. The number of ether oxygens (including phenoxy) is 1. The summed E-state index contributed by atoms with van der Waals surface area (Å²) < 4.78 is 45.7. The van der Waals surface area contributed by atoms with Gasteiger partial charge in [-0.1, -0.05) is 12.1 Å². The van der Waals surface area contributed by atoms with Crippen LogP contribution in [0.5, 0.6) is 0 Å². The van der Waals surface area contributed by atoms with Crippen LogP contribution < -0.4 is 5.32 Å². The minimum Gasteiger partial charge on any atom is -0.389 e. The van der Waals surface area contributed by atoms with E-state index < -0.39 is 30.7 Å². The molecule has 37 heavy (non-hydrogen) atoms. The van der Waals surface area contributed by atoms with Gasteiger partial charge in [0.05, 0.1) is 18.9 Å². The van der Waals surface area contributed by atoms with Gasteiger partial charge in [-0.15, -0.1) is 0 Å². The van der Waals surface area contributed by atoms with Crippen LogP contribution in [-0.4, -0.2) is 76.9 Å². The number of alkyl halides is 3. The number of likely N-dealkylation sites (tertiary alicyclic amines) is 1. The monoisotopic (exact) mass is 517 g/mol. The Kier molecular flexibility index (Phi) is 8.29. The summed E-state index contributed by atoms with van der Waals surface area (Å²) in [6.07, 6.45) is -0.0210. The number of nitrogens with one attached hydrogen (secondary N) is 1. The predicted molar refractivity (Wildman–Crippen MR) is 136 cm³/mol. The first kappa shape index (κ1) is 26.8. The Morgan fingerprint density at radius 1 is 1.35 bits per heavy atom. The molecule has 2 N–H and O–H groups in total. The molecule has 2 aromatic rings. The summed E-state index contributed by atoms with van der Waals surface area (Å²) in [6.45, 7) is 5.76. The van der Waals surface area contributed by atoms with Crippen LogP contribution in [0.4, 0.5) is 29.5 Å². The Hall–Kier alpha value is -3.24. The molecule has 1 aromatic carbocycles. The van der Waals surface area contributed by atoms with Crippen molar-refractivity contribution in [3.8, 4) is 11.1 Å². The number of hydrogen-bond acceptors (Lipinski definition) is 4. The largest absolute Gasteiger partial charge is 0.389 e. The van der Waals surface area contributed by atoms with Crippen molar-refractivity contribution in [1.82, 2.24) is 9.88 Å². The molecule has 7 nitrogen and oxygen atoms in total. The van der Waals surface area contributed by atoms with E-state index in [0.29, 0.717) is 44.1 Å². The molecule has 4 rings (SSSR count). The number of pyridine rings is 1. The van der Waals surface area contributed by atoms with Gasteiger partial charge in [-0.05, 0) is 72.1 Å². The van der Waals surface area contributed by atoms with E-state index in [2.05, 4.69) is 5.32 Å². The summed E-state index contributed by atoms with van der Waals surface area (Å²) in [6, 6.07) is 9.02. The van der Waals surface area contributed by atoms with Gasteiger partial charge in [0.15, 0.2) is 5.69 Å². The molecule has 0 bridgehead atoms. The number of aliphatic hydroxyl groups is 1. The Bertz CT molecular complexity index is 1190. The van der Waals surface area contributed by atoms with Gasteiger partial charge in [-0.3, -0.25) is 0 Å². The lowest BCUT2D eigenvalue weighted by Crippen LogP contribution is -2.33. The second-order valence-electron chi connectivity index (χ2n) is 9.57. The van der Waals surface area contributed by atoms with Crippen LogP contribution >= 0.6 is 0 Å². The van der Waals surface area contributed by atoms with Crippen molar-refractivity contribution < 1.29 is 32.4 Å². The summed E-state index contributed by atoms with van der Waals surface area (Å²) in [5.74, 6) is 0.173. The highest BCUT2D eigenvalue weighted by atomic mass is 19.4. The summed E-state index contributed by atoms with van der Waals surface area (Å²) in [5, 5.41) is 12.5. The van der Waals surface area contributed by atoms with Crippen LogP contribution in [0.25, 0.3) is 17.2 Å². The highest BCUT2D eigenvalue weighted by Gasteiger charge is 2.36. The molecule has 3 heterocycles. The molecule has 1 saturated heterocycles. The Labute approximate surface area is 214 Å². The number of aryl methyl sites for hydroxylation is 1. The lowest BCUT2D eigenvalue weighted by Gasteiger charge is -2.19. The molecule has 2 atom stereocenters. The zero-order valence-corrected chi connectivity index (χ0v) is 21.0. The molecular weight excluding hydrogens is 485 g/mol. The number of aliphatic hydroxyl groups excluding tert-OH is 1. The van der Waals surface area contributed by atoms with Gasteiger partial charge < -0.3 is 20.1 Å². The van der Waals surface area contributed by atoms with E-state index in [1.165, 1.54) is 4.90 Å². The van der Waals surface area contributed by atoms with E-state index in [4.69, 9.17) is 9.72 Å². The second kappa shape index (κ2) is 11.4. The molecule has 10 heteroatoms. The van der Waals surface area contributed by atoms with Crippen molar-refractivity contribution in [3.63, 3.8) is 0 Å². The minimum atomic E-state index is -4.23. The fraction of sp³-hybridized carbons (Fsp3) is 0.444. The molecule has 198 valence electrons. The standard InChI is InChI=1S/C27H31F3N4O3/c1-18-3-5-23(32-26(36)34-8-7-20(17-34)16-27(28,29)30)15-24(18)21-13-22(6-4-19(2)35)31-25(14-21)33-9-11-37-12-10-33/h3-6,9,13-15,19-20,35H,7-8,10-12,16-17H2,1-2H3/p+1/b6-4+/t19-,20+/m1/s1. The average molecular weight is 518 g/mol. The van der Waals surface area contributed by atoms with Gasteiger partial charge in [0, 0.05) is 31.3 Å². The van der Waals surface area contributed by atoms with E-state index in [1.807, 2.05) is 42.0 Å². The third kappa shape index (κ3) is 7.39. The zero-order valence-electron chi connectivity index (χ0n) is 21.0. The SMILES string of the molecule is Cc1ccc(NC(=O)N2CC[C@@H](CC(F)(F)F)C2)cc1-c1cc(/C=C/[C@@H](C)O)nc([N+]2=CCOCC2)c1. The molecule has 2 aliphatic rings. The summed E-state index contributed by atoms with van der Waals surface area (Å²) >= 11 is 0. The predicted octanol–water partition coefficient (Wildman–Crippen LogP) is 5.00. The zero-order chi connectivity index (χ0) is 26.6. The summed E-state index contributed by atoms with van der Waals surface area (Å²) in [4.78, 5) is 19.0. The molecule has 0 spiro atoms. The molecule has 0 unspecified atom stereocenters. The topological polar surface area (TPSA) is 77.7 Å². The number of carbonyl (C=O) groups is 1. The fourth-order valence-electron chi connectivity index (χ4n) is 4.58. The van der Waals surface area contributed by atoms with Crippen molar-refractivity contribution in [1.29, 1.82) is 0 Å². The van der Waals surface area contributed by atoms with Crippen molar-refractivity contribution >= 4 is 29.8 Å². The highest BCUT2D eigenvalue weighted by Crippen LogP contribution is 2.32. The van der Waals surface area contributed by atoms with Crippen LogP contribution in [0, 0.1) is 12.8 Å². The maximum absolute atomic E-state index is 12.8. The van der Waals surface area contributed by atoms with Gasteiger partial charge in [-0.25, -0.2) is 9.37 Å². The number of rotatable bonds is 6. The number of benzene rings is 1. The van der Waals surface area contributed by atoms with E-state index in [9.17, 15) is 23.1 Å². The molecule has 0 aliphatic carbocycles. The van der Waals surface area contributed by atoms with E-state index in [1.54, 1.807) is 25.1 Å². The normalized spacial score (nSPS) is 19.2. The number of anilines is 1. The fourth-order valence-corrected chi connectivity index (χ4v) is 4.58. The van der Waals surface area contributed by atoms with Crippen molar-refractivity contribution in [2.45, 2.75) is 39.0 Å². The number of aromatic nitrogens is 1. The number of halogens is 3. The first-order valence-electron chi connectivity index (χ1n) is 12.4. The van der Waals surface area contributed by atoms with Crippen molar-refractivity contribution in [2.24, 2.45) is 5.92 Å². The Morgan fingerprint density at radius 2 is 2.16 bits per heavy atom. The minimum absolute atomic E-state index is 0.0901. The van der Waals surface area contributed by atoms with Gasteiger partial charge in [0.2, 0.25) is 0 Å². The first-order chi connectivity index (χ1) is 17.6. The average Bonchev–Trinajstić information content (AvgIpc) is 3.31. The van der Waals surface area contributed by atoms with Crippen molar-refractivity contribution in [2.75, 3.05) is 38.2 Å². The number of nitrogens with zero attached hydrogens (tertiary/aromatic N) is 3. The van der Waals surface area contributed by atoms with E-state index in [-0.39, 0.29) is 6.54 Å². The maximum Gasteiger partial charge on any atom is 0.389 e. The van der Waals surface area contributed by atoms with Gasteiger partial charge in [0.25, 0.3) is 0 Å². The van der Waals surface area contributed by atoms with Crippen LogP contribution in [0.3, 0.4) is 0 Å². The molecule has 2 aliphatic heterocycles. The van der Waals surface area contributed by atoms with Gasteiger partial charge in [-0.2, -0.15) is 13.2 Å². The van der Waals surface area contributed by atoms with E-state index >= 15 is 0 Å². The van der Waals surface area contributed by atoms with Crippen LogP contribution in [0.15, 0.2) is 36.4 Å². The van der Waals surface area contributed by atoms with Crippen LogP contribution in [-0.2, 0) is 4.74 Å². The quantitative estimate of drug-likeness (QED) is 0.529. The first-order valence-corrected chi connectivity index (χ1v) is 12.4. The number of amides is 2. The number of hydrogen-bond donors (Lipinski definition) is 2. The molecule has 0 radical (unpaired) electrons. The lowest BCUT2D eigenvalue weighted by molar-refractivity contribution is -0.454. The van der Waals surface area contributed by atoms with Crippen LogP contribution in [0.2, 0.25) is 0 Å². The third-order valence-corrected chi connectivity index (χ3v) is 6.45. The third-order valence-electron chi connectivity index (χ3n) is 6.45. The molecular formula is C27H32F3N4O3+. The number of carbonyl (C=O) groups excluding carboxylic acids is 1. The van der Waals surface area contributed by atoms with Crippen molar-refractivity contribution in [3.05, 3.63) is 47.7 Å². The number of urea groups is 1. The van der Waals surface area contributed by atoms with Gasteiger partial charge in [0.1, 0.15) is 13.2 Å². The van der Waals surface area contributed by atoms with E-state index in [0.717, 1.165) is 22.5 Å². The second-order valence-corrected chi connectivity index (χ2v) is 9.57. The maximum atomic E-state index is 12.8. The Morgan fingerprint density at radius 3 is 2.86 bits per heavy atom. The lowest BCUT2D eigenvalue weighted by atomic mass is 9.99. The Balaban J connectivity index is 1.58. The van der Waals surface area contributed by atoms with Crippen LogP contribution in [0.1, 0.15) is 31.0 Å². The summed E-state index contributed by atoms with van der Waals surface area (Å²) in [5.41, 5.74) is 3.99. The molecule has 1 aromatic heterocycles. The highest BCUT2D eigenvalue weighted by molar-refractivity contribution is 5.90. The summed E-state index contributed by atoms with van der Waals surface area (Å²) in [7, 11) is 0. The molecule has 2 amide bonds. The molecule has 0 saturated carbocycles.